The molecule has 0 aliphatic carbocycles. The van der Waals surface area contributed by atoms with Gasteiger partial charge in [0.2, 0.25) is 0 Å². The fourth-order valence-electron chi connectivity index (χ4n) is 2.39. The smallest absolute Gasteiger partial charge is 0.323 e. The number of ether oxygens (including phenoxy) is 4. The normalized spacial score (nSPS) is 16.0. The lowest BCUT2D eigenvalue weighted by atomic mass is 9.79. The first-order valence-corrected chi connectivity index (χ1v) is 7.94. The number of aliphatic hydroxyl groups is 1. The molecule has 0 radical (unpaired) electrons. The Labute approximate surface area is 136 Å². The number of hydrogen-bond acceptors (Lipinski definition) is 7. The Morgan fingerprint density at radius 1 is 1.13 bits per heavy atom. The zero-order chi connectivity index (χ0) is 17.1. The van der Waals surface area contributed by atoms with Crippen molar-refractivity contribution in [3.63, 3.8) is 0 Å². The number of carbonyl (C=O) groups is 2. The van der Waals surface area contributed by atoms with Gasteiger partial charge < -0.3 is 24.1 Å². The minimum Gasteiger partial charge on any atom is -0.465 e. The van der Waals surface area contributed by atoms with Gasteiger partial charge >= 0.3 is 11.9 Å². The van der Waals surface area contributed by atoms with E-state index < -0.39 is 23.6 Å². The lowest BCUT2D eigenvalue weighted by Crippen LogP contribution is -2.42. The number of esters is 2. The standard InChI is InChI=1S/C16H26O7/c1-3-20-14(18)16(8-5-6-10-17,15(19)21-4-2)9-7-13-22-11-12-23-13/h5-6,13,17H,3-4,7-12H2,1-2H3/b6-5+. The van der Waals surface area contributed by atoms with Gasteiger partial charge in [-0.1, -0.05) is 12.2 Å². The summed E-state index contributed by atoms with van der Waals surface area (Å²) in [5.74, 6) is -1.25. The van der Waals surface area contributed by atoms with Crippen molar-refractivity contribution in [1.29, 1.82) is 0 Å². The van der Waals surface area contributed by atoms with Gasteiger partial charge in [-0.15, -0.1) is 0 Å². The van der Waals surface area contributed by atoms with Crippen LogP contribution in [0.3, 0.4) is 0 Å². The van der Waals surface area contributed by atoms with Crippen molar-refractivity contribution in [2.24, 2.45) is 5.41 Å². The summed E-state index contributed by atoms with van der Waals surface area (Å²) >= 11 is 0. The van der Waals surface area contributed by atoms with E-state index in [4.69, 9.17) is 24.1 Å². The first kappa shape index (κ1) is 19.6. The summed E-state index contributed by atoms with van der Waals surface area (Å²) < 4.78 is 20.9. The van der Waals surface area contributed by atoms with Crippen molar-refractivity contribution in [3.05, 3.63) is 12.2 Å². The molecular weight excluding hydrogens is 304 g/mol. The Bertz CT molecular complexity index is 381. The van der Waals surface area contributed by atoms with Crippen LogP contribution < -0.4 is 0 Å². The molecule has 7 nitrogen and oxygen atoms in total. The van der Waals surface area contributed by atoms with Crippen LogP contribution in [0.25, 0.3) is 0 Å². The third-order valence-corrected chi connectivity index (χ3v) is 3.57. The van der Waals surface area contributed by atoms with Crippen LogP contribution >= 0.6 is 0 Å². The van der Waals surface area contributed by atoms with E-state index in [2.05, 4.69) is 0 Å². The highest BCUT2D eigenvalue weighted by atomic mass is 16.7. The molecule has 1 rings (SSSR count). The molecule has 0 bridgehead atoms. The monoisotopic (exact) mass is 330 g/mol. The van der Waals surface area contributed by atoms with Crippen LogP contribution in [-0.2, 0) is 28.5 Å². The Kier molecular flexibility index (Phi) is 8.83. The molecule has 1 fully saturated rings. The third-order valence-electron chi connectivity index (χ3n) is 3.57. The molecule has 0 spiro atoms. The lowest BCUT2D eigenvalue weighted by molar-refractivity contribution is -0.173. The van der Waals surface area contributed by atoms with Crippen molar-refractivity contribution in [1.82, 2.24) is 0 Å². The van der Waals surface area contributed by atoms with Crippen LogP contribution in [0.1, 0.15) is 33.1 Å². The molecule has 23 heavy (non-hydrogen) atoms. The average molecular weight is 330 g/mol. The third kappa shape index (κ3) is 5.60. The highest BCUT2D eigenvalue weighted by molar-refractivity contribution is 6.00. The van der Waals surface area contributed by atoms with Crippen LogP contribution in [0.2, 0.25) is 0 Å². The van der Waals surface area contributed by atoms with Crippen molar-refractivity contribution >= 4 is 11.9 Å². The molecule has 0 unspecified atom stereocenters. The fourth-order valence-corrected chi connectivity index (χ4v) is 2.39. The lowest BCUT2D eigenvalue weighted by Gasteiger charge is -2.28. The molecule has 0 saturated carbocycles. The van der Waals surface area contributed by atoms with Gasteiger partial charge in [0, 0.05) is 6.42 Å². The summed E-state index contributed by atoms with van der Waals surface area (Å²) in [6.45, 7) is 4.53. The Balaban J connectivity index is 2.95. The fraction of sp³-hybridized carbons (Fsp3) is 0.750. The van der Waals surface area contributed by atoms with Crippen molar-refractivity contribution in [2.45, 2.75) is 39.4 Å². The molecule has 0 aromatic heterocycles. The second kappa shape index (κ2) is 10.4. The first-order valence-electron chi connectivity index (χ1n) is 7.94. The predicted octanol–water partition coefficient (Wildman–Crippen LogP) is 1.19. The quantitative estimate of drug-likeness (QED) is 0.365. The second-order valence-electron chi connectivity index (χ2n) is 5.09. The second-order valence-corrected chi connectivity index (χ2v) is 5.09. The topological polar surface area (TPSA) is 91.3 Å². The maximum absolute atomic E-state index is 12.5. The molecule has 0 atom stereocenters. The highest BCUT2D eigenvalue weighted by Crippen LogP contribution is 2.34. The van der Waals surface area contributed by atoms with Crippen molar-refractivity contribution in [2.75, 3.05) is 33.0 Å². The molecule has 1 N–H and O–H groups in total. The summed E-state index contributed by atoms with van der Waals surface area (Å²) in [7, 11) is 0. The summed E-state index contributed by atoms with van der Waals surface area (Å²) in [6.07, 6.45) is 3.30. The van der Waals surface area contributed by atoms with Gasteiger partial charge in [0.15, 0.2) is 11.7 Å². The summed E-state index contributed by atoms with van der Waals surface area (Å²) in [5, 5.41) is 8.89. The zero-order valence-electron chi connectivity index (χ0n) is 13.8. The van der Waals surface area contributed by atoms with E-state index in [-0.39, 0.29) is 32.7 Å². The van der Waals surface area contributed by atoms with E-state index >= 15 is 0 Å². The van der Waals surface area contributed by atoms with Crippen molar-refractivity contribution < 1.29 is 33.6 Å². The number of allylic oxidation sites excluding steroid dienone is 1. The number of aliphatic hydroxyl groups excluding tert-OH is 1. The molecule has 1 aliphatic heterocycles. The van der Waals surface area contributed by atoms with Crippen LogP contribution in [0.5, 0.6) is 0 Å². The summed E-state index contributed by atoms with van der Waals surface area (Å²) in [4.78, 5) is 25.0. The van der Waals surface area contributed by atoms with E-state index in [0.29, 0.717) is 19.6 Å². The number of hydrogen-bond donors (Lipinski definition) is 1. The average Bonchev–Trinajstić information content (AvgIpc) is 3.04. The summed E-state index contributed by atoms with van der Waals surface area (Å²) in [5.41, 5.74) is -1.45. The van der Waals surface area contributed by atoms with Gasteiger partial charge in [0.05, 0.1) is 33.0 Å². The molecule has 7 heteroatoms. The van der Waals surface area contributed by atoms with E-state index in [0.717, 1.165) is 0 Å². The number of rotatable bonds is 10. The van der Waals surface area contributed by atoms with Gasteiger partial charge in [0.1, 0.15) is 0 Å². The van der Waals surface area contributed by atoms with E-state index in [9.17, 15) is 9.59 Å². The molecule has 0 amide bonds. The van der Waals surface area contributed by atoms with E-state index in [1.165, 1.54) is 6.08 Å². The van der Waals surface area contributed by atoms with Crippen LogP contribution in [0, 0.1) is 5.41 Å². The number of carbonyl (C=O) groups excluding carboxylic acids is 2. The van der Waals surface area contributed by atoms with E-state index in [1.54, 1.807) is 19.9 Å². The molecule has 132 valence electrons. The molecular formula is C16H26O7. The predicted molar refractivity (Wildman–Crippen MR) is 81.5 cm³/mol. The highest BCUT2D eigenvalue weighted by Gasteiger charge is 2.48. The van der Waals surface area contributed by atoms with Crippen molar-refractivity contribution in [3.8, 4) is 0 Å². The van der Waals surface area contributed by atoms with Gasteiger partial charge in [0.25, 0.3) is 0 Å². The Hall–Kier alpha value is -1.44. The van der Waals surface area contributed by atoms with E-state index in [1.807, 2.05) is 0 Å². The SMILES string of the molecule is CCOC(=O)C(C/C=C/CO)(CCC1OCCO1)C(=O)OCC. The largest absolute Gasteiger partial charge is 0.465 e. The van der Waals surface area contributed by atoms with Gasteiger partial charge in [-0.25, -0.2) is 0 Å². The maximum Gasteiger partial charge on any atom is 0.323 e. The van der Waals surface area contributed by atoms with Gasteiger partial charge in [-0.05, 0) is 26.7 Å². The molecule has 0 aromatic rings. The summed E-state index contributed by atoms with van der Waals surface area (Å²) in [6, 6.07) is 0. The van der Waals surface area contributed by atoms with Crippen LogP contribution in [0.15, 0.2) is 12.2 Å². The Morgan fingerprint density at radius 3 is 2.17 bits per heavy atom. The maximum atomic E-state index is 12.5. The molecule has 1 saturated heterocycles. The van der Waals surface area contributed by atoms with Gasteiger partial charge in [-0.2, -0.15) is 0 Å². The molecule has 1 aliphatic rings. The molecule has 0 aromatic carbocycles. The Morgan fingerprint density at radius 2 is 1.70 bits per heavy atom. The van der Waals surface area contributed by atoms with Crippen LogP contribution in [0.4, 0.5) is 0 Å². The zero-order valence-corrected chi connectivity index (χ0v) is 13.8. The molecule has 1 heterocycles. The minimum absolute atomic E-state index is 0.0952. The van der Waals surface area contributed by atoms with Gasteiger partial charge in [-0.3, -0.25) is 9.59 Å². The minimum atomic E-state index is -1.45. The first-order chi connectivity index (χ1) is 11.1. The van der Waals surface area contributed by atoms with Crippen LogP contribution in [-0.4, -0.2) is 56.4 Å².